The number of benzene rings is 5. The Labute approximate surface area is 336 Å². The molecule has 6 atom stereocenters. The van der Waals surface area contributed by atoms with Crippen LogP contribution in [0.25, 0.3) is 0 Å². The third-order valence-electron chi connectivity index (χ3n) is 12.1. The lowest BCUT2D eigenvalue weighted by Crippen LogP contribution is -2.53. The first-order chi connectivity index (χ1) is 28.3. The number of alkyl halides is 3. The van der Waals surface area contributed by atoms with Crippen LogP contribution in [0.2, 0.25) is 0 Å². The molecule has 5 aromatic rings. The van der Waals surface area contributed by atoms with Crippen molar-refractivity contribution in [1.82, 2.24) is 5.01 Å². The van der Waals surface area contributed by atoms with E-state index < -0.39 is 76.5 Å². The maximum atomic E-state index is 15.3. The zero-order valence-corrected chi connectivity index (χ0v) is 31.5. The number of nitrogens with zero attached hydrogens (tertiary/aromatic N) is 2. The molecule has 0 bridgehead atoms. The van der Waals surface area contributed by atoms with Gasteiger partial charge >= 0.3 is 6.36 Å². The van der Waals surface area contributed by atoms with E-state index in [1.807, 2.05) is 49.4 Å². The fraction of sp³-hybridized carbons (Fsp3) is 0.217. The Morgan fingerprint density at radius 2 is 1.39 bits per heavy atom. The Morgan fingerprint density at radius 3 is 2.07 bits per heavy atom. The number of hydrogen-bond donors (Lipinski definition) is 3. The average molecular weight is 799 g/mol. The average Bonchev–Trinajstić information content (AvgIpc) is 3.60. The summed E-state index contributed by atoms with van der Waals surface area (Å²) in [5.74, 6) is -8.36. The molecule has 10 nitrogen and oxygen atoms in total. The van der Waals surface area contributed by atoms with Crippen LogP contribution in [0.15, 0.2) is 139 Å². The molecule has 0 radical (unpaired) electrons. The van der Waals surface area contributed by atoms with Crippen LogP contribution < -0.4 is 20.4 Å². The van der Waals surface area contributed by atoms with Gasteiger partial charge in [0.15, 0.2) is 0 Å². The monoisotopic (exact) mass is 798 g/mol. The number of rotatable bonds is 8. The van der Waals surface area contributed by atoms with E-state index in [-0.39, 0.29) is 18.4 Å². The Kier molecular flexibility index (Phi) is 9.06. The molecule has 4 aliphatic rings. The number of aryl methyl sites for hydroxylation is 1. The summed E-state index contributed by atoms with van der Waals surface area (Å²) in [6, 6.07) is 35.0. The maximum absolute atomic E-state index is 15.3. The van der Waals surface area contributed by atoms with Crippen molar-refractivity contribution < 1.29 is 42.2 Å². The van der Waals surface area contributed by atoms with Gasteiger partial charge in [-0.2, -0.15) is 5.01 Å². The fourth-order valence-electron chi connectivity index (χ4n) is 9.69. The summed E-state index contributed by atoms with van der Waals surface area (Å²) in [5.41, 5.74) is 5.26. The topological polar surface area (TPSA) is 128 Å². The van der Waals surface area contributed by atoms with Crippen molar-refractivity contribution in [2.75, 3.05) is 15.6 Å². The number of para-hydroxylation sites is 1. The lowest BCUT2D eigenvalue weighted by Gasteiger charge is -2.50. The van der Waals surface area contributed by atoms with Gasteiger partial charge in [-0.05, 0) is 98.0 Å². The van der Waals surface area contributed by atoms with Crippen molar-refractivity contribution in [3.8, 4) is 11.5 Å². The van der Waals surface area contributed by atoms with Gasteiger partial charge in [-0.3, -0.25) is 29.5 Å². The van der Waals surface area contributed by atoms with Gasteiger partial charge in [0.25, 0.3) is 11.8 Å². The molecule has 2 saturated heterocycles. The summed E-state index contributed by atoms with van der Waals surface area (Å²) in [7, 11) is 0. The molecule has 3 fully saturated rings. The van der Waals surface area contributed by atoms with Crippen LogP contribution in [0, 0.1) is 30.6 Å². The van der Waals surface area contributed by atoms with Gasteiger partial charge in [-0.1, -0.05) is 77.9 Å². The Hall–Kier alpha value is -6.89. The molecule has 2 aliphatic carbocycles. The highest BCUT2D eigenvalue weighted by Gasteiger charge is 2.70. The molecule has 5 aromatic carbocycles. The predicted molar refractivity (Wildman–Crippen MR) is 212 cm³/mol. The predicted octanol–water partition coefficient (Wildman–Crippen LogP) is 8.53. The van der Waals surface area contributed by atoms with E-state index in [0.29, 0.717) is 22.5 Å². The summed E-state index contributed by atoms with van der Waals surface area (Å²) in [5, 5.41) is 15.8. The number of hydrazine groups is 1. The van der Waals surface area contributed by atoms with Gasteiger partial charge in [0, 0.05) is 22.9 Å². The quantitative estimate of drug-likeness (QED) is 0.105. The zero-order chi connectivity index (χ0) is 41.2. The molecule has 0 spiro atoms. The number of hydrogen-bond acceptors (Lipinski definition) is 8. The molecule has 0 aromatic heterocycles. The van der Waals surface area contributed by atoms with E-state index >= 15 is 4.79 Å². The number of allylic oxidation sites excluding steroid dienone is 2. The minimum absolute atomic E-state index is 0.0403. The van der Waals surface area contributed by atoms with Crippen LogP contribution >= 0.6 is 0 Å². The molecule has 59 heavy (non-hydrogen) atoms. The molecule has 9 rings (SSSR count). The number of carbonyl (C=O) groups excluding carboxylic acids is 4. The Morgan fingerprint density at radius 1 is 0.746 bits per heavy atom. The highest BCUT2D eigenvalue weighted by Crippen LogP contribution is 2.65. The first kappa shape index (κ1) is 37.7. The summed E-state index contributed by atoms with van der Waals surface area (Å²) < 4.78 is 45.3. The van der Waals surface area contributed by atoms with Crippen molar-refractivity contribution in [2.24, 2.45) is 23.7 Å². The number of nitrogens with one attached hydrogen (secondary N) is 2. The van der Waals surface area contributed by atoms with Gasteiger partial charge in [-0.25, -0.2) is 0 Å². The Balaban J connectivity index is 1.17. The second-order valence-corrected chi connectivity index (χ2v) is 15.4. The van der Waals surface area contributed by atoms with E-state index in [0.717, 1.165) is 45.0 Å². The Bertz CT molecular complexity index is 2510. The second-order valence-electron chi connectivity index (χ2n) is 15.4. The minimum Gasteiger partial charge on any atom is -0.508 e. The molecule has 298 valence electrons. The number of phenols is 1. The molecule has 2 aliphatic heterocycles. The number of carbonyl (C=O) groups is 4. The molecular weight excluding hydrogens is 762 g/mol. The smallest absolute Gasteiger partial charge is 0.508 e. The lowest BCUT2D eigenvalue weighted by atomic mass is 9.49. The van der Waals surface area contributed by atoms with Crippen LogP contribution in [-0.2, 0) is 24.6 Å². The van der Waals surface area contributed by atoms with Gasteiger partial charge in [-0.15, -0.1) is 13.2 Å². The second kappa shape index (κ2) is 14.2. The number of phenolic OH excluding ortho intramolecular Hbond substituents is 1. The van der Waals surface area contributed by atoms with Crippen molar-refractivity contribution in [3.05, 3.63) is 156 Å². The van der Waals surface area contributed by atoms with Crippen LogP contribution in [0.3, 0.4) is 0 Å². The first-order valence-corrected chi connectivity index (χ1v) is 19.2. The lowest BCUT2D eigenvalue weighted by molar-refractivity contribution is -0.274. The minimum atomic E-state index is -5.08. The summed E-state index contributed by atoms with van der Waals surface area (Å²) >= 11 is 0. The van der Waals surface area contributed by atoms with E-state index in [2.05, 4.69) is 15.5 Å². The van der Waals surface area contributed by atoms with Crippen molar-refractivity contribution in [3.63, 3.8) is 0 Å². The van der Waals surface area contributed by atoms with Crippen molar-refractivity contribution >= 4 is 46.4 Å². The van der Waals surface area contributed by atoms with Crippen LogP contribution in [-0.4, -0.2) is 40.1 Å². The number of halogens is 3. The molecule has 13 heteroatoms. The molecule has 4 amide bonds. The molecule has 3 N–H and O–H groups in total. The van der Waals surface area contributed by atoms with Crippen LogP contribution in [0.1, 0.15) is 35.4 Å². The third-order valence-corrected chi connectivity index (χ3v) is 12.1. The van der Waals surface area contributed by atoms with Gasteiger partial charge in [0.2, 0.25) is 11.8 Å². The van der Waals surface area contributed by atoms with Gasteiger partial charge < -0.3 is 15.2 Å². The number of fused-ring (bicyclic) bond motifs is 4. The maximum Gasteiger partial charge on any atom is 0.573 e. The van der Waals surface area contributed by atoms with E-state index in [1.165, 1.54) is 0 Å². The van der Waals surface area contributed by atoms with Gasteiger partial charge in [0.05, 0.1) is 34.5 Å². The standard InChI is InChI=1S/C46H37F3N4O6/c1-26-12-14-30(15-13-26)51-53-42(56)37-25-35-33(21-22-34-39(35)43(57)52(41(34)55)31-18-16-29(17-19-31)50-28-10-6-3-7-11-28)40(45(37,44(53)58)27-8-4-2-5-9-27)36-24-32(20-23-38(36)54)59-46(47,48)49/h2-21,23-24,34-35,37,39-40,50-51,54H,22,25H2,1H3/t34-,35+,37-,39-,40+,45+/m0/s1. The highest BCUT2D eigenvalue weighted by molar-refractivity contribution is 6.22. The summed E-state index contributed by atoms with van der Waals surface area (Å²) in [6.45, 7) is 1.89. The largest absolute Gasteiger partial charge is 0.573 e. The number of amides is 4. The molecular formula is C46H37F3N4O6. The van der Waals surface area contributed by atoms with E-state index in [9.17, 15) is 32.7 Å². The fourth-order valence-corrected chi connectivity index (χ4v) is 9.69. The summed E-state index contributed by atoms with van der Waals surface area (Å²) in [6.07, 6.45) is -3.28. The first-order valence-electron chi connectivity index (χ1n) is 19.2. The molecule has 2 heterocycles. The molecule has 0 unspecified atom stereocenters. The van der Waals surface area contributed by atoms with Crippen LogP contribution in [0.4, 0.5) is 35.9 Å². The number of anilines is 4. The summed E-state index contributed by atoms with van der Waals surface area (Å²) in [4.78, 5) is 60.4. The number of imide groups is 2. The number of ether oxygens (including phenoxy) is 1. The third kappa shape index (κ3) is 6.28. The zero-order valence-electron chi connectivity index (χ0n) is 31.5. The van der Waals surface area contributed by atoms with Crippen molar-refractivity contribution in [1.29, 1.82) is 0 Å². The van der Waals surface area contributed by atoms with E-state index in [4.69, 9.17) is 0 Å². The normalized spacial score (nSPS) is 24.9. The van der Waals surface area contributed by atoms with E-state index in [1.54, 1.807) is 72.8 Å². The van der Waals surface area contributed by atoms with Gasteiger partial charge in [0.1, 0.15) is 11.5 Å². The highest BCUT2D eigenvalue weighted by atomic mass is 19.4. The van der Waals surface area contributed by atoms with Crippen molar-refractivity contribution in [2.45, 2.75) is 37.5 Å². The number of aromatic hydroxyl groups is 1. The molecule has 1 saturated carbocycles. The SMILES string of the molecule is Cc1ccc(NN2C(=O)[C@@H]3C[C@@H]4C(=CC[C@@H]5C(=O)N(c6ccc(Nc7ccccc7)cc6)C(=O)[C@@H]54)[C@H](c4cc(OC(F)(F)F)ccc4O)[C@]3(c3ccccc3)C2=O)cc1. The van der Waals surface area contributed by atoms with Crippen LogP contribution in [0.5, 0.6) is 11.5 Å².